The first-order chi connectivity index (χ1) is 9.74. The van der Waals surface area contributed by atoms with Crippen LogP contribution in [0.3, 0.4) is 0 Å². The standard InChI is InChI=1S/C19H30O/c1-3-15(2)18(16-11-9-6-10-12-16)19(20)17-13-7-4-5-8-14-17/h6,9-12,15,17-20H,3-5,7-8,13-14H2,1-2H3. The van der Waals surface area contributed by atoms with E-state index < -0.39 is 0 Å². The van der Waals surface area contributed by atoms with Crippen molar-refractivity contribution >= 4 is 0 Å². The fraction of sp³-hybridized carbons (Fsp3) is 0.684. The van der Waals surface area contributed by atoms with Crippen molar-refractivity contribution in [3.8, 4) is 0 Å². The first-order valence-electron chi connectivity index (χ1n) is 8.47. The average molecular weight is 274 g/mol. The molecule has 1 aromatic rings. The first-order valence-corrected chi connectivity index (χ1v) is 8.47. The molecule has 1 saturated carbocycles. The van der Waals surface area contributed by atoms with Gasteiger partial charge in [0.15, 0.2) is 0 Å². The second-order valence-corrected chi connectivity index (χ2v) is 6.56. The predicted octanol–water partition coefficient (Wildman–Crippen LogP) is 5.15. The Morgan fingerprint density at radius 3 is 2.20 bits per heavy atom. The summed E-state index contributed by atoms with van der Waals surface area (Å²) in [6.45, 7) is 4.53. The smallest absolute Gasteiger partial charge is 0.0639 e. The lowest BCUT2D eigenvalue weighted by Crippen LogP contribution is -2.31. The molecule has 0 radical (unpaired) electrons. The normalized spacial score (nSPS) is 21.9. The van der Waals surface area contributed by atoms with Crippen LogP contribution in [0.2, 0.25) is 0 Å². The summed E-state index contributed by atoms with van der Waals surface area (Å²) in [5.41, 5.74) is 1.32. The lowest BCUT2D eigenvalue weighted by molar-refractivity contribution is 0.0532. The molecule has 3 atom stereocenters. The van der Waals surface area contributed by atoms with Crippen molar-refractivity contribution in [2.75, 3.05) is 0 Å². The lowest BCUT2D eigenvalue weighted by atomic mass is 9.75. The molecule has 1 aromatic carbocycles. The van der Waals surface area contributed by atoms with Gasteiger partial charge in [-0.1, -0.05) is 76.3 Å². The van der Waals surface area contributed by atoms with Crippen molar-refractivity contribution in [1.29, 1.82) is 0 Å². The summed E-state index contributed by atoms with van der Waals surface area (Å²) in [4.78, 5) is 0. The molecule has 1 fully saturated rings. The predicted molar refractivity (Wildman–Crippen MR) is 85.8 cm³/mol. The van der Waals surface area contributed by atoms with E-state index in [1.165, 1.54) is 44.1 Å². The number of aliphatic hydroxyl groups is 1. The lowest BCUT2D eigenvalue weighted by Gasteiger charge is -2.33. The highest BCUT2D eigenvalue weighted by atomic mass is 16.3. The second-order valence-electron chi connectivity index (χ2n) is 6.56. The number of hydrogen-bond acceptors (Lipinski definition) is 1. The molecule has 0 bridgehead atoms. The zero-order valence-corrected chi connectivity index (χ0v) is 13.1. The summed E-state index contributed by atoms with van der Waals surface area (Å²) in [6, 6.07) is 10.7. The van der Waals surface area contributed by atoms with Crippen molar-refractivity contribution in [2.24, 2.45) is 11.8 Å². The van der Waals surface area contributed by atoms with Crippen molar-refractivity contribution in [1.82, 2.24) is 0 Å². The van der Waals surface area contributed by atoms with Crippen LogP contribution in [-0.4, -0.2) is 11.2 Å². The third-order valence-corrected chi connectivity index (χ3v) is 5.19. The molecular weight excluding hydrogens is 244 g/mol. The van der Waals surface area contributed by atoms with Gasteiger partial charge in [-0.15, -0.1) is 0 Å². The van der Waals surface area contributed by atoms with Crippen LogP contribution in [0.15, 0.2) is 30.3 Å². The summed E-state index contributed by atoms with van der Waals surface area (Å²) in [5.74, 6) is 1.33. The largest absolute Gasteiger partial charge is 0.392 e. The van der Waals surface area contributed by atoms with Gasteiger partial charge in [-0.2, -0.15) is 0 Å². The number of hydrogen-bond donors (Lipinski definition) is 1. The Morgan fingerprint density at radius 1 is 1.05 bits per heavy atom. The van der Waals surface area contributed by atoms with Gasteiger partial charge in [0.1, 0.15) is 0 Å². The van der Waals surface area contributed by atoms with E-state index in [0.29, 0.717) is 17.8 Å². The highest BCUT2D eigenvalue weighted by Gasteiger charge is 2.32. The Morgan fingerprint density at radius 2 is 1.65 bits per heavy atom. The topological polar surface area (TPSA) is 20.2 Å². The van der Waals surface area contributed by atoms with E-state index >= 15 is 0 Å². The molecule has 1 aliphatic rings. The molecular formula is C19H30O. The van der Waals surface area contributed by atoms with Crippen LogP contribution in [0.5, 0.6) is 0 Å². The molecule has 1 heteroatoms. The number of rotatable bonds is 5. The van der Waals surface area contributed by atoms with E-state index in [2.05, 4.69) is 44.2 Å². The molecule has 0 heterocycles. The van der Waals surface area contributed by atoms with Gasteiger partial charge in [0.2, 0.25) is 0 Å². The highest BCUT2D eigenvalue weighted by Crippen LogP contribution is 2.37. The minimum atomic E-state index is -0.176. The fourth-order valence-corrected chi connectivity index (χ4v) is 3.74. The molecule has 0 aromatic heterocycles. The Labute approximate surface area is 124 Å². The SMILES string of the molecule is CCC(C)C(c1ccccc1)C(O)C1CCCCCC1. The Balaban J connectivity index is 2.17. The fourth-order valence-electron chi connectivity index (χ4n) is 3.74. The molecule has 20 heavy (non-hydrogen) atoms. The van der Waals surface area contributed by atoms with E-state index in [-0.39, 0.29) is 6.10 Å². The molecule has 3 unspecified atom stereocenters. The van der Waals surface area contributed by atoms with Crippen molar-refractivity contribution < 1.29 is 5.11 Å². The van der Waals surface area contributed by atoms with Crippen LogP contribution < -0.4 is 0 Å². The third-order valence-electron chi connectivity index (χ3n) is 5.19. The van der Waals surface area contributed by atoms with Crippen molar-refractivity contribution in [3.05, 3.63) is 35.9 Å². The molecule has 1 nitrogen and oxygen atoms in total. The summed E-state index contributed by atoms with van der Waals surface area (Å²) >= 11 is 0. The van der Waals surface area contributed by atoms with Crippen LogP contribution in [0, 0.1) is 11.8 Å². The Kier molecular flexibility index (Phi) is 6.09. The van der Waals surface area contributed by atoms with Crippen LogP contribution >= 0.6 is 0 Å². The molecule has 2 rings (SSSR count). The van der Waals surface area contributed by atoms with Crippen LogP contribution in [0.25, 0.3) is 0 Å². The van der Waals surface area contributed by atoms with Gasteiger partial charge >= 0.3 is 0 Å². The van der Waals surface area contributed by atoms with Crippen molar-refractivity contribution in [2.45, 2.75) is 70.8 Å². The summed E-state index contributed by atoms with van der Waals surface area (Å²) in [5, 5.41) is 11.0. The van der Waals surface area contributed by atoms with Gasteiger partial charge in [-0.3, -0.25) is 0 Å². The summed E-state index contributed by atoms with van der Waals surface area (Å²) in [7, 11) is 0. The van der Waals surface area contributed by atoms with E-state index in [1.54, 1.807) is 0 Å². The quantitative estimate of drug-likeness (QED) is 0.736. The van der Waals surface area contributed by atoms with E-state index in [9.17, 15) is 5.11 Å². The van der Waals surface area contributed by atoms with Gasteiger partial charge < -0.3 is 5.11 Å². The molecule has 0 amide bonds. The molecule has 112 valence electrons. The molecule has 1 aliphatic carbocycles. The van der Waals surface area contributed by atoms with Gasteiger partial charge in [-0.05, 0) is 30.2 Å². The maximum absolute atomic E-state index is 11.0. The molecule has 1 N–H and O–H groups in total. The van der Waals surface area contributed by atoms with E-state index in [1.807, 2.05) is 0 Å². The second kappa shape index (κ2) is 7.83. The minimum absolute atomic E-state index is 0.176. The van der Waals surface area contributed by atoms with Crippen molar-refractivity contribution in [3.63, 3.8) is 0 Å². The van der Waals surface area contributed by atoms with Gasteiger partial charge in [0.25, 0.3) is 0 Å². The first kappa shape index (κ1) is 15.6. The van der Waals surface area contributed by atoms with Crippen LogP contribution in [-0.2, 0) is 0 Å². The summed E-state index contributed by atoms with van der Waals surface area (Å²) in [6.07, 6.45) is 8.66. The monoisotopic (exact) mass is 274 g/mol. The maximum atomic E-state index is 11.0. The van der Waals surface area contributed by atoms with Gasteiger partial charge in [0.05, 0.1) is 6.10 Å². The zero-order valence-electron chi connectivity index (χ0n) is 13.1. The zero-order chi connectivity index (χ0) is 14.4. The van der Waals surface area contributed by atoms with E-state index in [4.69, 9.17) is 0 Å². The average Bonchev–Trinajstić information content (AvgIpc) is 2.77. The number of aliphatic hydroxyl groups excluding tert-OH is 1. The minimum Gasteiger partial charge on any atom is -0.392 e. The van der Waals surface area contributed by atoms with E-state index in [0.717, 1.165) is 6.42 Å². The molecule has 0 spiro atoms. The van der Waals surface area contributed by atoms with Crippen LogP contribution in [0.1, 0.15) is 70.3 Å². The summed E-state index contributed by atoms with van der Waals surface area (Å²) < 4.78 is 0. The molecule has 0 aliphatic heterocycles. The number of benzene rings is 1. The maximum Gasteiger partial charge on any atom is 0.0639 e. The Bertz CT molecular complexity index is 365. The van der Waals surface area contributed by atoms with Gasteiger partial charge in [-0.25, -0.2) is 0 Å². The molecule has 0 saturated heterocycles. The third kappa shape index (κ3) is 3.85. The van der Waals surface area contributed by atoms with Gasteiger partial charge in [0, 0.05) is 5.92 Å². The highest BCUT2D eigenvalue weighted by molar-refractivity contribution is 5.22. The Hall–Kier alpha value is -0.820. The van der Waals surface area contributed by atoms with Crippen LogP contribution in [0.4, 0.5) is 0 Å².